The van der Waals surface area contributed by atoms with Crippen molar-refractivity contribution in [3.8, 4) is 0 Å². The highest BCUT2D eigenvalue weighted by Crippen LogP contribution is 2.40. The van der Waals surface area contributed by atoms with E-state index >= 15 is 0 Å². The first kappa shape index (κ1) is 13.9. The molecule has 0 spiro atoms. The summed E-state index contributed by atoms with van der Waals surface area (Å²) in [5.74, 6) is 0.260. The molecule has 1 nitrogen and oxygen atoms in total. The van der Waals surface area contributed by atoms with Crippen molar-refractivity contribution in [2.24, 2.45) is 0 Å². The average Bonchev–Trinajstić information content (AvgIpc) is 2.38. The summed E-state index contributed by atoms with van der Waals surface area (Å²) >= 11 is 9.46. The number of anilines is 1. The van der Waals surface area contributed by atoms with Crippen LogP contribution < -0.4 is 5.32 Å². The lowest BCUT2D eigenvalue weighted by molar-refractivity contribution is 0.373. The monoisotopic (exact) mass is 353 g/mol. The molecule has 0 aliphatic heterocycles. The molecule has 0 bridgehead atoms. The lowest BCUT2D eigenvalue weighted by atomic mass is 9.76. The first-order valence-electron chi connectivity index (χ1n) is 6.59. The van der Waals surface area contributed by atoms with Gasteiger partial charge in [-0.2, -0.15) is 0 Å². The summed E-state index contributed by atoms with van der Waals surface area (Å²) in [4.78, 5) is 0. The molecule has 104 valence electrons. The number of hydrogen-bond donors (Lipinski definition) is 1. The zero-order chi connectivity index (χ0) is 14.1. The molecule has 3 rings (SSSR count). The zero-order valence-electron chi connectivity index (χ0n) is 10.7. The highest BCUT2D eigenvalue weighted by Gasteiger charge is 2.31. The lowest BCUT2D eigenvalue weighted by Crippen LogP contribution is -2.34. The number of hydrogen-bond acceptors (Lipinski definition) is 1. The molecule has 1 saturated carbocycles. The normalized spacial score (nSPS) is 21.4. The second-order valence-corrected chi connectivity index (χ2v) is 6.48. The van der Waals surface area contributed by atoms with E-state index in [0.717, 1.165) is 17.3 Å². The summed E-state index contributed by atoms with van der Waals surface area (Å²) in [6.07, 6.45) is 2.01. The topological polar surface area (TPSA) is 12.0 Å². The first-order chi connectivity index (χ1) is 9.63. The Kier molecular flexibility index (Phi) is 3.99. The number of nitrogens with one attached hydrogen (secondary N) is 1. The van der Waals surface area contributed by atoms with Crippen LogP contribution in [0.1, 0.15) is 24.3 Å². The predicted octanol–water partition coefficient (Wildman–Crippen LogP) is 5.60. The average molecular weight is 355 g/mol. The molecule has 0 aromatic heterocycles. The molecule has 2 aromatic rings. The summed E-state index contributed by atoms with van der Waals surface area (Å²) in [6, 6.07) is 13.4. The Bertz CT molecular complexity index is 588. The van der Waals surface area contributed by atoms with Crippen molar-refractivity contribution in [1.82, 2.24) is 0 Å². The summed E-state index contributed by atoms with van der Waals surface area (Å²) < 4.78 is 14.8. The van der Waals surface area contributed by atoms with Gasteiger partial charge in [-0.3, -0.25) is 0 Å². The largest absolute Gasteiger partial charge is 0.379 e. The van der Waals surface area contributed by atoms with Crippen molar-refractivity contribution in [1.29, 1.82) is 0 Å². The van der Waals surface area contributed by atoms with Gasteiger partial charge < -0.3 is 5.32 Å². The van der Waals surface area contributed by atoms with Crippen LogP contribution in [0, 0.1) is 5.82 Å². The van der Waals surface area contributed by atoms with Crippen molar-refractivity contribution >= 4 is 33.2 Å². The van der Waals surface area contributed by atoms with Crippen LogP contribution >= 0.6 is 27.5 Å². The van der Waals surface area contributed by atoms with Crippen LogP contribution in [0.5, 0.6) is 0 Å². The van der Waals surface area contributed by atoms with E-state index in [1.165, 1.54) is 11.6 Å². The number of rotatable bonds is 3. The van der Waals surface area contributed by atoms with Gasteiger partial charge in [0.2, 0.25) is 0 Å². The maximum absolute atomic E-state index is 13.7. The number of benzene rings is 2. The predicted molar refractivity (Wildman–Crippen MR) is 84.9 cm³/mol. The molecule has 1 aliphatic carbocycles. The van der Waals surface area contributed by atoms with E-state index in [0.29, 0.717) is 16.6 Å². The highest BCUT2D eigenvalue weighted by atomic mass is 79.9. The van der Waals surface area contributed by atoms with Crippen LogP contribution in [0.15, 0.2) is 46.9 Å². The molecule has 0 heterocycles. The molecule has 1 aliphatic rings. The van der Waals surface area contributed by atoms with Gasteiger partial charge in [0.25, 0.3) is 0 Å². The zero-order valence-corrected chi connectivity index (χ0v) is 13.1. The smallest absolute Gasteiger partial charge is 0.147 e. The van der Waals surface area contributed by atoms with Crippen LogP contribution in [0.4, 0.5) is 10.1 Å². The van der Waals surface area contributed by atoms with E-state index < -0.39 is 0 Å². The Hall–Kier alpha value is -1.06. The van der Waals surface area contributed by atoms with Gasteiger partial charge in [0.15, 0.2) is 0 Å². The van der Waals surface area contributed by atoms with Gasteiger partial charge in [-0.1, -0.05) is 45.7 Å². The SMILES string of the molecule is Fc1cccc(Cl)c1NC1CC(c2ccc(Br)cc2)C1. The third-order valence-electron chi connectivity index (χ3n) is 3.79. The van der Waals surface area contributed by atoms with Gasteiger partial charge in [-0.05, 0) is 48.6 Å². The van der Waals surface area contributed by atoms with E-state index in [9.17, 15) is 4.39 Å². The lowest BCUT2D eigenvalue weighted by Gasteiger charge is -2.37. The third-order valence-corrected chi connectivity index (χ3v) is 4.63. The number of para-hydroxylation sites is 1. The maximum atomic E-state index is 13.7. The Morgan fingerprint density at radius 3 is 2.45 bits per heavy atom. The van der Waals surface area contributed by atoms with Gasteiger partial charge in [0.05, 0.1) is 10.7 Å². The molecule has 4 heteroatoms. The van der Waals surface area contributed by atoms with Gasteiger partial charge in [-0.15, -0.1) is 0 Å². The second-order valence-electron chi connectivity index (χ2n) is 5.16. The van der Waals surface area contributed by atoms with Crippen molar-refractivity contribution in [3.63, 3.8) is 0 Å². The fraction of sp³-hybridized carbons (Fsp3) is 0.250. The highest BCUT2D eigenvalue weighted by molar-refractivity contribution is 9.10. The molecule has 0 amide bonds. The Morgan fingerprint density at radius 2 is 1.80 bits per heavy atom. The maximum Gasteiger partial charge on any atom is 0.147 e. The molecule has 20 heavy (non-hydrogen) atoms. The van der Waals surface area contributed by atoms with Gasteiger partial charge in [-0.25, -0.2) is 4.39 Å². The summed E-state index contributed by atoms with van der Waals surface area (Å²) in [7, 11) is 0. The van der Waals surface area contributed by atoms with Gasteiger partial charge in [0.1, 0.15) is 5.82 Å². The number of halogens is 3. The van der Waals surface area contributed by atoms with E-state index in [4.69, 9.17) is 11.6 Å². The fourth-order valence-corrected chi connectivity index (χ4v) is 3.06. The van der Waals surface area contributed by atoms with Crippen LogP contribution in [-0.2, 0) is 0 Å². The van der Waals surface area contributed by atoms with Crippen LogP contribution in [0.3, 0.4) is 0 Å². The Morgan fingerprint density at radius 1 is 1.10 bits per heavy atom. The van der Waals surface area contributed by atoms with Crippen molar-refractivity contribution in [2.75, 3.05) is 5.32 Å². The standard InChI is InChI=1S/C16H14BrClFN/c17-12-6-4-10(5-7-12)11-8-13(9-11)20-16-14(18)2-1-3-15(16)19/h1-7,11,13,20H,8-9H2. The molecular formula is C16H14BrClFN. The quantitative estimate of drug-likeness (QED) is 0.756. The second kappa shape index (κ2) is 5.74. The minimum atomic E-state index is -0.287. The minimum absolute atomic E-state index is 0.287. The fourth-order valence-electron chi connectivity index (χ4n) is 2.58. The van der Waals surface area contributed by atoms with Crippen LogP contribution in [-0.4, -0.2) is 6.04 Å². The van der Waals surface area contributed by atoms with Crippen molar-refractivity contribution in [3.05, 3.63) is 63.3 Å². The molecule has 1 N–H and O–H groups in total. The third kappa shape index (κ3) is 2.84. The van der Waals surface area contributed by atoms with Crippen LogP contribution in [0.25, 0.3) is 0 Å². The van der Waals surface area contributed by atoms with Crippen LogP contribution in [0.2, 0.25) is 5.02 Å². The van der Waals surface area contributed by atoms with Gasteiger partial charge in [0, 0.05) is 10.5 Å². The molecule has 0 radical (unpaired) electrons. The van der Waals surface area contributed by atoms with E-state index in [1.807, 2.05) is 0 Å². The van der Waals surface area contributed by atoms with Gasteiger partial charge >= 0.3 is 0 Å². The van der Waals surface area contributed by atoms with Crippen molar-refractivity contribution in [2.45, 2.75) is 24.8 Å². The molecule has 2 aromatic carbocycles. The summed E-state index contributed by atoms with van der Waals surface area (Å²) in [6.45, 7) is 0. The Labute approximate surface area is 131 Å². The summed E-state index contributed by atoms with van der Waals surface area (Å²) in [5.41, 5.74) is 1.76. The Balaban J connectivity index is 1.62. The van der Waals surface area contributed by atoms with E-state index in [1.54, 1.807) is 12.1 Å². The van der Waals surface area contributed by atoms with Crippen molar-refractivity contribution < 1.29 is 4.39 Å². The molecule has 0 unspecified atom stereocenters. The van der Waals surface area contributed by atoms with E-state index in [2.05, 4.69) is 45.5 Å². The summed E-state index contributed by atoms with van der Waals surface area (Å²) in [5, 5.41) is 3.65. The minimum Gasteiger partial charge on any atom is -0.379 e. The molecule has 0 atom stereocenters. The van der Waals surface area contributed by atoms with E-state index in [-0.39, 0.29) is 11.9 Å². The molecular weight excluding hydrogens is 341 g/mol. The molecule has 1 fully saturated rings. The first-order valence-corrected chi connectivity index (χ1v) is 7.76. The molecule has 0 saturated heterocycles.